The summed E-state index contributed by atoms with van der Waals surface area (Å²) in [6, 6.07) is 15.6. The molecular weight excluding hydrogens is 358 g/mol. The SMILES string of the molecule is COC(=O)c1c(-c2cc(C)ccc2C)csc1NC(=O)Cc1ccccc1. The molecule has 0 atom stereocenters. The molecule has 2 aromatic carbocycles. The summed E-state index contributed by atoms with van der Waals surface area (Å²) in [7, 11) is 1.35. The summed E-state index contributed by atoms with van der Waals surface area (Å²) in [6.07, 6.45) is 0.248. The molecule has 138 valence electrons. The van der Waals surface area contributed by atoms with E-state index >= 15 is 0 Å². The highest BCUT2D eigenvalue weighted by Gasteiger charge is 2.23. The average Bonchev–Trinajstić information content (AvgIpc) is 3.07. The van der Waals surface area contributed by atoms with E-state index in [0.717, 1.165) is 27.8 Å². The third-order valence-corrected chi connectivity index (χ3v) is 5.22. The number of nitrogens with one attached hydrogen (secondary N) is 1. The third kappa shape index (κ3) is 4.26. The number of rotatable bonds is 5. The Hall–Kier alpha value is -2.92. The van der Waals surface area contributed by atoms with Gasteiger partial charge in [-0.25, -0.2) is 4.79 Å². The molecule has 0 aliphatic carbocycles. The van der Waals surface area contributed by atoms with E-state index in [9.17, 15) is 9.59 Å². The van der Waals surface area contributed by atoms with Crippen LogP contribution in [0, 0.1) is 13.8 Å². The van der Waals surface area contributed by atoms with Crippen molar-refractivity contribution in [1.29, 1.82) is 0 Å². The molecule has 1 heterocycles. The number of ether oxygens (including phenoxy) is 1. The Morgan fingerprint density at radius 2 is 1.78 bits per heavy atom. The van der Waals surface area contributed by atoms with Crippen molar-refractivity contribution in [1.82, 2.24) is 0 Å². The Kier molecular flexibility index (Phi) is 5.72. The molecule has 0 bridgehead atoms. The molecule has 27 heavy (non-hydrogen) atoms. The smallest absolute Gasteiger partial charge is 0.341 e. The van der Waals surface area contributed by atoms with E-state index in [1.165, 1.54) is 18.4 Å². The van der Waals surface area contributed by atoms with Crippen molar-refractivity contribution in [3.63, 3.8) is 0 Å². The van der Waals surface area contributed by atoms with Gasteiger partial charge in [-0.1, -0.05) is 54.1 Å². The van der Waals surface area contributed by atoms with E-state index in [2.05, 4.69) is 5.32 Å². The van der Waals surface area contributed by atoms with Crippen LogP contribution in [0.2, 0.25) is 0 Å². The van der Waals surface area contributed by atoms with Crippen molar-refractivity contribution in [3.05, 3.63) is 76.2 Å². The molecule has 0 spiro atoms. The number of hydrogen-bond donors (Lipinski definition) is 1. The predicted molar refractivity (Wildman–Crippen MR) is 109 cm³/mol. The van der Waals surface area contributed by atoms with Gasteiger partial charge in [-0.2, -0.15) is 0 Å². The maximum atomic E-state index is 12.5. The highest BCUT2D eigenvalue weighted by atomic mass is 32.1. The summed E-state index contributed by atoms with van der Waals surface area (Å²) in [5.74, 6) is -0.622. The lowest BCUT2D eigenvalue weighted by Crippen LogP contribution is -2.16. The van der Waals surface area contributed by atoms with Crippen LogP contribution in [0.4, 0.5) is 5.00 Å². The van der Waals surface area contributed by atoms with E-state index in [-0.39, 0.29) is 12.3 Å². The molecule has 1 aromatic heterocycles. The fourth-order valence-corrected chi connectivity index (χ4v) is 3.90. The number of hydrogen-bond acceptors (Lipinski definition) is 4. The second kappa shape index (κ2) is 8.18. The van der Waals surface area contributed by atoms with Gasteiger partial charge in [-0.3, -0.25) is 4.79 Å². The highest BCUT2D eigenvalue weighted by molar-refractivity contribution is 7.15. The maximum absolute atomic E-state index is 12.5. The Morgan fingerprint density at radius 3 is 2.48 bits per heavy atom. The largest absolute Gasteiger partial charge is 0.465 e. The third-order valence-electron chi connectivity index (χ3n) is 4.32. The summed E-state index contributed by atoms with van der Waals surface area (Å²) in [6.45, 7) is 4.01. The van der Waals surface area contributed by atoms with Crippen LogP contribution >= 0.6 is 11.3 Å². The molecule has 3 aromatic rings. The number of carbonyl (C=O) groups excluding carboxylic acids is 2. The quantitative estimate of drug-likeness (QED) is 0.635. The standard InChI is InChI=1S/C22H21NO3S/c1-14-9-10-15(2)17(11-14)18-13-27-21(20(18)22(25)26-3)23-19(24)12-16-7-5-4-6-8-16/h4-11,13H,12H2,1-3H3,(H,23,24). The fourth-order valence-electron chi connectivity index (χ4n) is 2.93. The van der Waals surface area contributed by atoms with E-state index in [1.807, 2.05) is 67.8 Å². The molecule has 0 saturated heterocycles. The van der Waals surface area contributed by atoms with Gasteiger partial charge in [0.05, 0.1) is 13.5 Å². The Labute approximate surface area is 162 Å². The number of anilines is 1. The number of esters is 1. The highest BCUT2D eigenvalue weighted by Crippen LogP contribution is 2.38. The number of thiophene rings is 1. The first kappa shape index (κ1) is 18.9. The zero-order chi connectivity index (χ0) is 19.4. The monoisotopic (exact) mass is 379 g/mol. The lowest BCUT2D eigenvalue weighted by molar-refractivity contribution is -0.115. The van der Waals surface area contributed by atoms with Crippen molar-refractivity contribution in [2.75, 3.05) is 12.4 Å². The number of amides is 1. The van der Waals surface area contributed by atoms with E-state index in [0.29, 0.717) is 10.6 Å². The molecule has 0 aliphatic rings. The van der Waals surface area contributed by atoms with Gasteiger partial charge in [-0.15, -0.1) is 11.3 Å². The molecule has 0 radical (unpaired) electrons. The maximum Gasteiger partial charge on any atom is 0.341 e. The lowest BCUT2D eigenvalue weighted by atomic mass is 9.97. The summed E-state index contributed by atoms with van der Waals surface area (Å²) in [4.78, 5) is 24.9. The minimum atomic E-state index is -0.456. The van der Waals surface area contributed by atoms with Gasteiger partial charge in [0.1, 0.15) is 10.6 Å². The summed E-state index contributed by atoms with van der Waals surface area (Å²) < 4.78 is 4.98. The molecule has 5 heteroatoms. The van der Waals surface area contributed by atoms with E-state index in [1.54, 1.807) is 0 Å². The topological polar surface area (TPSA) is 55.4 Å². The molecule has 4 nitrogen and oxygen atoms in total. The van der Waals surface area contributed by atoms with Crippen LogP contribution in [0.25, 0.3) is 11.1 Å². The molecule has 0 unspecified atom stereocenters. The second-order valence-electron chi connectivity index (χ2n) is 6.37. The molecule has 1 N–H and O–H groups in total. The van der Waals surface area contributed by atoms with Crippen LogP contribution in [-0.4, -0.2) is 19.0 Å². The van der Waals surface area contributed by atoms with Gasteiger partial charge >= 0.3 is 5.97 Å². The normalized spacial score (nSPS) is 10.5. The zero-order valence-electron chi connectivity index (χ0n) is 15.5. The first-order chi connectivity index (χ1) is 13.0. The number of benzene rings is 2. The van der Waals surface area contributed by atoms with Gasteiger partial charge in [0.15, 0.2) is 0 Å². The zero-order valence-corrected chi connectivity index (χ0v) is 16.4. The van der Waals surface area contributed by atoms with E-state index in [4.69, 9.17) is 4.74 Å². The van der Waals surface area contributed by atoms with Crippen LogP contribution in [-0.2, 0) is 16.0 Å². The first-order valence-corrected chi connectivity index (χ1v) is 9.48. The fraction of sp³-hybridized carbons (Fsp3) is 0.182. The molecule has 0 saturated carbocycles. The molecule has 0 fully saturated rings. The first-order valence-electron chi connectivity index (χ1n) is 8.60. The van der Waals surface area contributed by atoms with Crippen molar-refractivity contribution < 1.29 is 14.3 Å². The number of aryl methyl sites for hydroxylation is 2. The van der Waals surface area contributed by atoms with Crippen molar-refractivity contribution in [3.8, 4) is 11.1 Å². The molecule has 0 aliphatic heterocycles. The Bertz CT molecular complexity index is 976. The molecule has 3 rings (SSSR count). The van der Waals surface area contributed by atoms with Crippen LogP contribution in [0.1, 0.15) is 27.0 Å². The minimum Gasteiger partial charge on any atom is -0.465 e. The second-order valence-corrected chi connectivity index (χ2v) is 7.25. The van der Waals surface area contributed by atoms with Gasteiger partial charge in [0.2, 0.25) is 5.91 Å². The van der Waals surface area contributed by atoms with Crippen molar-refractivity contribution in [2.45, 2.75) is 20.3 Å². The van der Waals surface area contributed by atoms with Gasteiger partial charge < -0.3 is 10.1 Å². The van der Waals surface area contributed by atoms with Gasteiger partial charge in [-0.05, 0) is 30.5 Å². The number of methoxy groups -OCH3 is 1. The van der Waals surface area contributed by atoms with Crippen molar-refractivity contribution in [2.24, 2.45) is 0 Å². The van der Waals surface area contributed by atoms with Crippen LogP contribution < -0.4 is 5.32 Å². The number of carbonyl (C=O) groups is 2. The van der Waals surface area contributed by atoms with Crippen LogP contribution in [0.5, 0.6) is 0 Å². The predicted octanol–water partition coefficient (Wildman–Crippen LogP) is 5.00. The van der Waals surface area contributed by atoms with Crippen LogP contribution in [0.3, 0.4) is 0 Å². The van der Waals surface area contributed by atoms with Crippen molar-refractivity contribution >= 4 is 28.2 Å². The molecule has 1 amide bonds. The lowest BCUT2D eigenvalue weighted by Gasteiger charge is -2.10. The minimum absolute atomic E-state index is 0.166. The van der Waals surface area contributed by atoms with Crippen LogP contribution in [0.15, 0.2) is 53.9 Å². The average molecular weight is 379 g/mol. The van der Waals surface area contributed by atoms with Gasteiger partial charge in [0, 0.05) is 10.9 Å². The van der Waals surface area contributed by atoms with E-state index < -0.39 is 5.97 Å². The summed E-state index contributed by atoms with van der Waals surface area (Å²) in [5.41, 5.74) is 5.23. The molecular formula is C22H21NO3S. The Balaban J connectivity index is 1.94. The summed E-state index contributed by atoms with van der Waals surface area (Å²) >= 11 is 1.34. The Morgan fingerprint density at radius 1 is 1.04 bits per heavy atom. The summed E-state index contributed by atoms with van der Waals surface area (Å²) in [5, 5.41) is 5.28. The van der Waals surface area contributed by atoms with Gasteiger partial charge in [0.25, 0.3) is 0 Å².